The molecule has 0 amide bonds. The molecular weight excluding hydrogens is 376 g/mol. The first-order chi connectivity index (χ1) is 13.5. The summed E-state index contributed by atoms with van der Waals surface area (Å²) >= 11 is 6.18. The first kappa shape index (κ1) is 21.5. The second kappa shape index (κ2) is 11.1. The standard InChI is InChI=1S/C22H25ClN2O3/c1-4-9-20(22(26)27-5-2)25-24-16(3)19-14-18(23)12-13-21(19)28-15-17-10-7-6-8-11-17/h4,6-14,16,24H,5,15H2,1-3H3/b9-4+,25-20+. The Labute approximate surface area is 171 Å². The Bertz CT molecular complexity index is 835. The van der Waals surface area contributed by atoms with Crippen LogP contribution >= 0.6 is 11.6 Å². The molecule has 148 valence electrons. The molecule has 0 heterocycles. The molecule has 0 aliphatic heterocycles. The van der Waals surface area contributed by atoms with E-state index in [1.165, 1.54) is 0 Å². The van der Waals surface area contributed by atoms with Gasteiger partial charge in [0.15, 0.2) is 5.71 Å². The molecule has 5 nitrogen and oxygen atoms in total. The zero-order chi connectivity index (χ0) is 20.4. The van der Waals surface area contributed by atoms with E-state index in [0.717, 1.165) is 11.1 Å². The van der Waals surface area contributed by atoms with Crippen molar-refractivity contribution in [3.05, 3.63) is 76.8 Å². The van der Waals surface area contributed by atoms with Gasteiger partial charge in [0.25, 0.3) is 0 Å². The van der Waals surface area contributed by atoms with Gasteiger partial charge in [-0.2, -0.15) is 5.10 Å². The van der Waals surface area contributed by atoms with Crippen LogP contribution in [0.4, 0.5) is 0 Å². The molecular formula is C22H25ClN2O3. The molecule has 0 saturated heterocycles. The summed E-state index contributed by atoms with van der Waals surface area (Å²) in [6.45, 7) is 6.21. The number of nitrogens with zero attached hydrogens (tertiary/aromatic N) is 1. The first-order valence-corrected chi connectivity index (χ1v) is 9.52. The number of rotatable bonds is 9. The van der Waals surface area contributed by atoms with E-state index in [0.29, 0.717) is 17.4 Å². The smallest absolute Gasteiger partial charge is 0.358 e. The topological polar surface area (TPSA) is 59.9 Å². The number of allylic oxidation sites excluding steroid dienone is 1. The summed E-state index contributed by atoms with van der Waals surface area (Å²) in [6, 6.07) is 15.1. The van der Waals surface area contributed by atoms with Gasteiger partial charge in [-0.15, -0.1) is 0 Å². The summed E-state index contributed by atoms with van der Waals surface area (Å²) in [5.74, 6) is 0.221. The Balaban J connectivity index is 2.16. The van der Waals surface area contributed by atoms with Crippen LogP contribution in [-0.2, 0) is 16.1 Å². The lowest BCUT2D eigenvalue weighted by molar-refractivity contribution is -0.134. The second-order valence-corrected chi connectivity index (χ2v) is 6.46. The van der Waals surface area contributed by atoms with Crippen LogP contribution in [-0.4, -0.2) is 18.3 Å². The zero-order valence-corrected chi connectivity index (χ0v) is 17.1. The highest BCUT2D eigenvalue weighted by molar-refractivity contribution is 6.41. The number of hydrazone groups is 1. The van der Waals surface area contributed by atoms with E-state index in [1.807, 2.05) is 56.3 Å². The summed E-state index contributed by atoms with van der Waals surface area (Å²) in [7, 11) is 0. The van der Waals surface area contributed by atoms with Crippen molar-refractivity contribution < 1.29 is 14.3 Å². The van der Waals surface area contributed by atoms with Crippen LogP contribution < -0.4 is 10.2 Å². The van der Waals surface area contributed by atoms with Crippen molar-refractivity contribution in [1.29, 1.82) is 0 Å². The largest absolute Gasteiger partial charge is 0.489 e. The third-order valence-corrected chi connectivity index (χ3v) is 4.10. The molecule has 6 heteroatoms. The van der Waals surface area contributed by atoms with Gasteiger partial charge in [-0.3, -0.25) is 0 Å². The van der Waals surface area contributed by atoms with Gasteiger partial charge in [-0.25, -0.2) is 4.79 Å². The van der Waals surface area contributed by atoms with Gasteiger partial charge >= 0.3 is 5.97 Å². The van der Waals surface area contributed by atoms with Gasteiger partial charge in [0.1, 0.15) is 12.4 Å². The SMILES string of the molecule is C/C=C/C(=N\NC(C)c1cc(Cl)ccc1OCc1ccccc1)C(=O)OCC. The van der Waals surface area contributed by atoms with Gasteiger partial charge in [-0.1, -0.05) is 48.0 Å². The number of hydrogen-bond donors (Lipinski definition) is 1. The first-order valence-electron chi connectivity index (χ1n) is 9.14. The number of carbonyl (C=O) groups excluding carboxylic acids is 1. The van der Waals surface area contributed by atoms with Gasteiger partial charge in [0, 0.05) is 10.6 Å². The van der Waals surface area contributed by atoms with E-state index in [9.17, 15) is 4.79 Å². The van der Waals surface area contributed by atoms with Crippen molar-refractivity contribution in [1.82, 2.24) is 5.43 Å². The van der Waals surface area contributed by atoms with E-state index >= 15 is 0 Å². The second-order valence-electron chi connectivity index (χ2n) is 6.02. The quantitative estimate of drug-likeness (QED) is 0.363. The minimum atomic E-state index is -0.480. The maximum Gasteiger partial charge on any atom is 0.358 e. The normalized spacial score (nSPS) is 12.6. The zero-order valence-electron chi connectivity index (χ0n) is 16.3. The molecule has 0 aliphatic rings. The van der Waals surface area contributed by atoms with E-state index in [-0.39, 0.29) is 18.4 Å². The molecule has 2 aromatic carbocycles. The van der Waals surface area contributed by atoms with E-state index in [2.05, 4.69) is 10.5 Å². The molecule has 0 spiro atoms. The molecule has 2 aromatic rings. The Morgan fingerprint density at radius 1 is 1.25 bits per heavy atom. The number of hydrogen-bond acceptors (Lipinski definition) is 5. The summed E-state index contributed by atoms with van der Waals surface area (Å²) in [4.78, 5) is 12.0. The Morgan fingerprint density at radius 2 is 2.00 bits per heavy atom. The number of esters is 1. The fourth-order valence-corrected chi connectivity index (χ4v) is 2.65. The molecule has 0 radical (unpaired) electrons. The molecule has 0 aliphatic carbocycles. The molecule has 0 aromatic heterocycles. The third kappa shape index (κ3) is 6.43. The van der Waals surface area contributed by atoms with E-state index in [4.69, 9.17) is 21.1 Å². The minimum absolute atomic E-state index is 0.199. The monoisotopic (exact) mass is 400 g/mol. The maximum absolute atomic E-state index is 12.0. The van der Waals surface area contributed by atoms with Gasteiger partial charge in [-0.05, 0) is 50.6 Å². The number of benzene rings is 2. The summed E-state index contributed by atoms with van der Waals surface area (Å²) in [5, 5.41) is 4.80. The number of carbonyl (C=O) groups is 1. The lowest BCUT2D eigenvalue weighted by Crippen LogP contribution is -2.21. The summed E-state index contributed by atoms with van der Waals surface area (Å²) in [6.07, 6.45) is 3.33. The summed E-state index contributed by atoms with van der Waals surface area (Å²) < 4.78 is 11.0. The van der Waals surface area contributed by atoms with Gasteiger partial charge < -0.3 is 14.9 Å². The molecule has 2 rings (SSSR count). The van der Waals surface area contributed by atoms with Crippen molar-refractivity contribution >= 4 is 23.3 Å². The number of halogens is 1. The molecule has 28 heavy (non-hydrogen) atoms. The van der Waals surface area contributed by atoms with Gasteiger partial charge in [0.2, 0.25) is 0 Å². The molecule has 1 atom stereocenters. The van der Waals surface area contributed by atoms with E-state index < -0.39 is 5.97 Å². The van der Waals surface area contributed by atoms with Crippen LogP contribution in [0, 0.1) is 0 Å². The lowest BCUT2D eigenvalue weighted by atomic mass is 10.1. The third-order valence-electron chi connectivity index (χ3n) is 3.86. The molecule has 1 N–H and O–H groups in total. The highest BCUT2D eigenvalue weighted by Gasteiger charge is 2.14. The van der Waals surface area contributed by atoms with E-state index in [1.54, 1.807) is 25.1 Å². The van der Waals surface area contributed by atoms with Crippen LogP contribution in [0.5, 0.6) is 5.75 Å². The van der Waals surface area contributed by atoms with Crippen molar-refractivity contribution in [2.75, 3.05) is 6.61 Å². The van der Waals surface area contributed by atoms with Crippen LogP contribution in [0.2, 0.25) is 5.02 Å². The van der Waals surface area contributed by atoms with Crippen LogP contribution in [0.1, 0.15) is 37.9 Å². The Morgan fingerprint density at radius 3 is 2.68 bits per heavy atom. The maximum atomic E-state index is 12.0. The molecule has 0 saturated carbocycles. The van der Waals surface area contributed by atoms with Crippen LogP contribution in [0.3, 0.4) is 0 Å². The minimum Gasteiger partial charge on any atom is -0.489 e. The fraction of sp³-hybridized carbons (Fsp3) is 0.273. The van der Waals surface area contributed by atoms with Crippen molar-refractivity contribution in [2.45, 2.75) is 33.4 Å². The number of ether oxygens (including phenoxy) is 2. The average molecular weight is 401 g/mol. The van der Waals surface area contributed by atoms with Crippen LogP contribution in [0.25, 0.3) is 0 Å². The van der Waals surface area contributed by atoms with Crippen molar-refractivity contribution in [3.63, 3.8) is 0 Å². The number of nitrogens with one attached hydrogen (secondary N) is 1. The predicted octanol–water partition coefficient (Wildman–Crippen LogP) is 5.06. The highest BCUT2D eigenvalue weighted by Crippen LogP contribution is 2.29. The fourth-order valence-electron chi connectivity index (χ4n) is 2.47. The molecule has 0 fully saturated rings. The molecule has 1 unspecified atom stereocenters. The van der Waals surface area contributed by atoms with Crippen LogP contribution in [0.15, 0.2) is 65.8 Å². The highest BCUT2D eigenvalue weighted by atomic mass is 35.5. The summed E-state index contributed by atoms with van der Waals surface area (Å²) in [5.41, 5.74) is 5.10. The lowest BCUT2D eigenvalue weighted by Gasteiger charge is -2.18. The Hall–Kier alpha value is -2.79. The van der Waals surface area contributed by atoms with Crippen molar-refractivity contribution in [2.24, 2.45) is 5.10 Å². The average Bonchev–Trinajstić information content (AvgIpc) is 2.70. The predicted molar refractivity (Wildman–Crippen MR) is 113 cm³/mol. The van der Waals surface area contributed by atoms with Gasteiger partial charge in [0.05, 0.1) is 12.6 Å². The molecule has 0 bridgehead atoms. The Kier molecular flexibility index (Phi) is 8.56. The van der Waals surface area contributed by atoms with Crippen molar-refractivity contribution in [3.8, 4) is 5.75 Å².